The van der Waals surface area contributed by atoms with Crippen molar-refractivity contribution in [1.82, 2.24) is 9.97 Å². The van der Waals surface area contributed by atoms with Gasteiger partial charge in [0.1, 0.15) is 5.69 Å². The molecule has 2 aliphatic rings. The van der Waals surface area contributed by atoms with Crippen molar-refractivity contribution in [3.63, 3.8) is 0 Å². The Bertz CT molecular complexity index is 1020. The molecule has 0 saturated heterocycles. The highest BCUT2D eigenvalue weighted by molar-refractivity contribution is 6.00. The average molecular weight is 420 g/mol. The molecule has 0 spiro atoms. The molecule has 0 radical (unpaired) electrons. The van der Waals surface area contributed by atoms with Crippen LogP contribution in [0.25, 0.3) is 0 Å². The zero-order valence-corrected chi connectivity index (χ0v) is 16.2. The molecule has 2 heterocycles. The summed E-state index contributed by atoms with van der Waals surface area (Å²) in [5.74, 6) is -4.20. The highest BCUT2D eigenvalue weighted by Gasteiger charge is 2.35. The van der Waals surface area contributed by atoms with E-state index in [1.54, 1.807) is 18.9 Å². The molecule has 2 amide bonds. The maximum absolute atomic E-state index is 13.3. The third kappa shape index (κ3) is 3.74. The van der Waals surface area contributed by atoms with Gasteiger partial charge in [-0.2, -0.15) is 4.98 Å². The number of carbonyl (C=O) groups is 2. The molecule has 30 heavy (non-hydrogen) atoms. The fourth-order valence-corrected chi connectivity index (χ4v) is 3.52. The monoisotopic (exact) mass is 420 g/mol. The van der Waals surface area contributed by atoms with Crippen molar-refractivity contribution in [2.75, 3.05) is 34.4 Å². The normalized spacial score (nSPS) is 20.2. The number of hydrogen-bond acceptors (Lipinski definition) is 6. The predicted octanol–water partition coefficient (Wildman–Crippen LogP) is 2.42. The number of nitrogens with zero attached hydrogens (tertiary/aromatic N) is 3. The van der Waals surface area contributed by atoms with E-state index in [0.29, 0.717) is 36.0 Å². The molecule has 2 aromatic rings. The van der Waals surface area contributed by atoms with Gasteiger partial charge in [0.2, 0.25) is 17.8 Å². The topological polar surface area (TPSA) is 99.2 Å². The first-order valence-corrected chi connectivity index (χ1v) is 9.33. The van der Waals surface area contributed by atoms with Gasteiger partial charge in [0.15, 0.2) is 23.3 Å². The Labute approximate surface area is 169 Å². The van der Waals surface area contributed by atoms with Gasteiger partial charge in [-0.25, -0.2) is 18.2 Å². The summed E-state index contributed by atoms with van der Waals surface area (Å²) >= 11 is 0. The molecular formula is C19H19F3N6O2. The van der Waals surface area contributed by atoms with Crippen LogP contribution >= 0.6 is 0 Å². The summed E-state index contributed by atoms with van der Waals surface area (Å²) < 4.78 is 39.6. The van der Waals surface area contributed by atoms with Crippen LogP contribution in [0.5, 0.6) is 0 Å². The van der Waals surface area contributed by atoms with Crippen molar-refractivity contribution < 1.29 is 22.8 Å². The van der Waals surface area contributed by atoms with Crippen LogP contribution in [0.15, 0.2) is 12.1 Å². The molecule has 0 atom stereocenters. The molecule has 1 fully saturated rings. The Kier molecular flexibility index (Phi) is 4.96. The molecule has 1 aromatic heterocycles. The fraction of sp³-hybridized carbons (Fsp3) is 0.368. The lowest BCUT2D eigenvalue weighted by Gasteiger charge is -2.35. The summed E-state index contributed by atoms with van der Waals surface area (Å²) in [6.45, 7) is 1.96. The standard InChI is InChI=1S/C19H19F3N6O2/c1-8-16-17(28(2)7-14(29)26-16)27-19(23-8)25-10-3-9(4-10)18(30)24-11-5-12(20)15(22)13(21)6-11/h5-6,9-10H,3-4,7H2,1-2H3,(H,24,30)(H,26,29)(H,23,25,27)/t9-,10+. The van der Waals surface area contributed by atoms with Crippen LogP contribution in [0, 0.1) is 30.3 Å². The van der Waals surface area contributed by atoms with Crippen LogP contribution in [-0.4, -0.2) is 41.4 Å². The molecule has 1 aromatic carbocycles. The number of anilines is 4. The number of rotatable bonds is 4. The lowest BCUT2D eigenvalue weighted by Crippen LogP contribution is -2.42. The second-order valence-corrected chi connectivity index (χ2v) is 7.49. The minimum absolute atomic E-state index is 0.0524. The third-order valence-electron chi connectivity index (χ3n) is 5.17. The summed E-state index contributed by atoms with van der Waals surface area (Å²) in [7, 11) is 1.76. The van der Waals surface area contributed by atoms with E-state index < -0.39 is 23.4 Å². The number of carbonyl (C=O) groups excluding carboxylic acids is 2. The summed E-state index contributed by atoms with van der Waals surface area (Å²) in [6, 6.07) is 1.43. The maximum Gasteiger partial charge on any atom is 0.244 e. The number of nitrogens with one attached hydrogen (secondary N) is 3. The van der Waals surface area contributed by atoms with Gasteiger partial charge in [-0.05, 0) is 19.8 Å². The second kappa shape index (κ2) is 7.47. The molecule has 3 N–H and O–H groups in total. The van der Waals surface area contributed by atoms with Crippen molar-refractivity contribution in [2.45, 2.75) is 25.8 Å². The van der Waals surface area contributed by atoms with E-state index >= 15 is 0 Å². The summed E-state index contributed by atoms with van der Waals surface area (Å²) in [5.41, 5.74) is 1.06. The maximum atomic E-state index is 13.3. The summed E-state index contributed by atoms with van der Waals surface area (Å²) in [5, 5.41) is 8.33. The number of fused-ring (bicyclic) bond motifs is 1. The number of aromatic nitrogens is 2. The minimum atomic E-state index is -1.58. The number of aryl methyl sites for hydroxylation is 1. The first-order chi connectivity index (χ1) is 14.2. The molecular weight excluding hydrogens is 401 g/mol. The summed E-state index contributed by atoms with van der Waals surface area (Å²) in [4.78, 5) is 34.5. The fourth-order valence-electron chi connectivity index (χ4n) is 3.52. The van der Waals surface area contributed by atoms with Crippen molar-refractivity contribution in [3.8, 4) is 0 Å². The van der Waals surface area contributed by atoms with Gasteiger partial charge >= 0.3 is 0 Å². The molecule has 0 unspecified atom stereocenters. The second-order valence-electron chi connectivity index (χ2n) is 7.49. The quantitative estimate of drug-likeness (QED) is 0.657. The zero-order chi connectivity index (χ0) is 21.6. The van der Waals surface area contributed by atoms with Crippen LogP contribution in [0.2, 0.25) is 0 Å². The van der Waals surface area contributed by atoms with E-state index in [2.05, 4.69) is 25.9 Å². The van der Waals surface area contributed by atoms with Gasteiger partial charge in [0, 0.05) is 36.8 Å². The van der Waals surface area contributed by atoms with Crippen LogP contribution in [-0.2, 0) is 9.59 Å². The lowest BCUT2D eigenvalue weighted by molar-refractivity contribution is -0.122. The Balaban J connectivity index is 1.36. The Hall–Kier alpha value is -3.37. The Morgan fingerprint density at radius 2 is 1.87 bits per heavy atom. The zero-order valence-electron chi connectivity index (χ0n) is 16.2. The molecule has 4 rings (SSSR count). The number of likely N-dealkylation sites (N-methyl/N-ethyl adjacent to an activating group) is 1. The van der Waals surface area contributed by atoms with Crippen molar-refractivity contribution in [2.24, 2.45) is 5.92 Å². The Morgan fingerprint density at radius 3 is 2.53 bits per heavy atom. The van der Waals surface area contributed by atoms with E-state index in [0.717, 1.165) is 12.1 Å². The van der Waals surface area contributed by atoms with Crippen molar-refractivity contribution >= 4 is 35.0 Å². The van der Waals surface area contributed by atoms with E-state index in [1.165, 1.54) is 0 Å². The first-order valence-electron chi connectivity index (χ1n) is 9.33. The number of hydrogen-bond donors (Lipinski definition) is 3. The molecule has 158 valence electrons. The van der Waals surface area contributed by atoms with Gasteiger partial charge in [0.25, 0.3) is 0 Å². The SMILES string of the molecule is Cc1nc(N[C@H]2C[C@@H](C(=O)Nc3cc(F)c(F)c(F)c3)C2)nc2c1NC(=O)CN2C. The van der Waals surface area contributed by atoms with Crippen molar-refractivity contribution in [3.05, 3.63) is 35.3 Å². The van der Waals surface area contributed by atoms with Crippen molar-refractivity contribution in [1.29, 1.82) is 0 Å². The van der Waals surface area contributed by atoms with E-state index in [9.17, 15) is 22.8 Å². The minimum Gasteiger partial charge on any atom is -0.351 e. The van der Waals surface area contributed by atoms with E-state index in [4.69, 9.17) is 0 Å². The van der Waals surface area contributed by atoms with Crippen LogP contribution < -0.4 is 20.9 Å². The summed E-state index contributed by atoms with van der Waals surface area (Å²) in [6.07, 6.45) is 0.952. The largest absolute Gasteiger partial charge is 0.351 e. The van der Waals surface area contributed by atoms with Crippen LogP contribution in [0.4, 0.5) is 36.3 Å². The number of halogens is 3. The molecule has 8 nitrogen and oxygen atoms in total. The average Bonchev–Trinajstić information content (AvgIpc) is 2.63. The van der Waals surface area contributed by atoms with E-state index in [1.807, 2.05) is 0 Å². The molecule has 0 bridgehead atoms. The highest BCUT2D eigenvalue weighted by atomic mass is 19.2. The predicted molar refractivity (Wildman–Crippen MR) is 104 cm³/mol. The first kappa shape index (κ1) is 19.9. The number of amides is 2. The highest BCUT2D eigenvalue weighted by Crippen LogP contribution is 2.33. The van der Waals surface area contributed by atoms with Gasteiger partial charge in [-0.1, -0.05) is 0 Å². The van der Waals surface area contributed by atoms with Gasteiger partial charge in [-0.15, -0.1) is 0 Å². The third-order valence-corrected chi connectivity index (χ3v) is 5.17. The Morgan fingerprint density at radius 1 is 1.20 bits per heavy atom. The molecule has 1 aliphatic heterocycles. The van der Waals surface area contributed by atoms with Crippen LogP contribution in [0.1, 0.15) is 18.5 Å². The lowest BCUT2D eigenvalue weighted by atomic mass is 9.79. The molecule has 1 aliphatic carbocycles. The molecule has 11 heteroatoms. The number of benzene rings is 1. The van der Waals surface area contributed by atoms with Gasteiger partial charge < -0.3 is 20.9 Å². The van der Waals surface area contributed by atoms with Gasteiger partial charge in [0.05, 0.1) is 12.2 Å². The van der Waals surface area contributed by atoms with Gasteiger partial charge in [-0.3, -0.25) is 9.59 Å². The smallest absolute Gasteiger partial charge is 0.244 e. The van der Waals surface area contributed by atoms with E-state index in [-0.39, 0.29) is 30.1 Å². The van der Waals surface area contributed by atoms with Crippen LogP contribution in [0.3, 0.4) is 0 Å². The molecule has 1 saturated carbocycles.